The largest absolute Gasteiger partial charge is 0.482 e. The van der Waals surface area contributed by atoms with Crippen molar-refractivity contribution < 1.29 is 24.2 Å². The van der Waals surface area contributed by atoms with Gasteiger partial charge in [-0.2, -0.15) is 0 Å². The molecule has 3 rings (SSSR count). The Labute approximate surface area is 147 Å². The van der Waals surface area contributed by atoms with Crippen LogP contribution >= 0.6 is 11.6 Å². The maximum atomic E-state index is 12.2. The second-order valence-electron chi connectivity index (χ2n) is 5.31. The highest BCUT2D eigenvalue weighted by Crippen LogP contribution is 2.33. The molecule has 0 spiro atoms. The highest BCUT2D eigenvalue weighted by atomic mass is 35.5. The number of carbonyl (C=O) groups is 3. The number of hydrogen-bond acceptors (Lipinski definition) is 4. The number of nitrogens with zero attached hydrogens (tertiary/aromatic N) is 1. The number of aromatic carboxylic acids is 1. The van der Waals surface area contributed by atoms with E-state index in [4.69, 9.17) is 21.4 Å². The summed E-state index contributed by atoms with van der Waals surface area (Å²) in [4.78, 5) is 36.6. The molecular formula is C17H13ClN2O5. The number of carboxylic acids is 1. The first kappa shape index (κ1) is 16.8. The fraction of sp³-hybridized carbons (Fsp3) is 0.118. The molecule has 2 aromatic rings. The molecule has 1 heterocycles. The van der Waals surface area contributed by atoms with Crippen LogP contribution in [0.3, 0.4) is 0 Å². The Morgan fingerprint density at radius 1 is 1.20 bits per heavy atom. The summed E-state index contributed by atoms with van der Waals surface area (Å²) in [6.07, 6.45) is 0. The van der Waals surface area contributed by atoms with Gasteiger partial charge in [0, 0.05) is 10.7 Å². The predicted molar refractivity (Wildman–Crippen MR) is 91.3 cm³/mol. The van der Waals surface area contributed by atoms with Gasteiger partial charge in [-0.3, -0.25) is 14.5 Å². The smallest absolute Gasteiger partial charge is 0.335 e. The van der Waals surface area contributed by atoms with Crippen LogP contribution in [-0.4, -0.2) is 36.0 Å². The second kappa shape index (κ2) is 6.82. The van der Waals surface area contributed by atoms with Gasteiger partial charge in [0.15, 0.2) is 6.61 Å². The lowest BCUT2D eigenvalue weighted by molar-refractivity contribution is -0.123. The van der Waals surface area contributed by atoms with Crippen LogP contribution in [-0.2, 0) is 9.59 Å². The molecule has 1 aliphatic rings. The Bertz CT molecular complexity index is 851. The van der Waals surface area contributed by atoms with E-state index in [1.807, 2.05) is 0 Å². The topological polar surface area (TPSA) is 95.9 Å². The van der Waals surface area contributed by atoms with Crippen LogP contribution in [0.4, 0.5) is 11.4 Å². The molecule has 25 heavy (non-hydrogen) atoms. The third-order valence-electron chi connectivity index (χ3n) is 3.58. The van der Waals surface area contributed by atoms with Gasteiger partial charge in [0.2, 0.25) is 5.91 Å². The number of nitrogens with one attached hydrogen (secondary N) is 1. The van der Waals surface area contributed by atoms with Crippen LogP contribution < -0.4 is 15.0 Å². The molecule has 0 unspecified atom stereocenters. The van der Waals surface area contributed by atoms with Crippen molar-refractivity contribution in [3.63, 3.8) is 0 Å². The van der Waals surface area contributed by atoms with Crippen molar-refractivity contribution in [3.05, 3.63) is 53.1 Å². The SMILES string of the molecule is O=C(CN1C(=O)COc2cc(C(=O)O)ccc21)Nc1ccc(Cl)cc1. The van der Waals surface area contributed by atoms with E-state index in [9.17, 15) is 14.4 Å². The summed E-state index contributed by atoms with van der Waals surface area (Å²) >= 11 is 5.79. The van der Waals surface area contributed by atoms with Gasteiger partial charge in [-0.05, 0) is 42.5 Å². The Hall–Kier alpha value is -3.06. The van der Waals surface area contributed by atoms with E-state index in [1.165, 1.54) is 23.1 Å². The van der Waals surface area contributed by atoms with E-state index in [0.29, 0.717) is 16.4 Å². The van der Waals surface area contributed by atoms with E-state index >= 15 is 0 Å². The Kier molecular flexibility index (Phi) is 4.58. The third-order valence-corrected chi connectivity index (χ3v) is 3.83. The Balaban J connectivity index is 1.78. The summed E-state index contributed by atoms with van der Waals surface area (Å²) in [5.41, 5.74) is 0.947. The molecule has 0 atom stereocenters. The lowest BCUT2D eigenvalue weighted by atomic mass is 10.1. The van der Waals surface area contributed by atoms with Crippen LogP contribution in [0.25, 0.3) is 0 Å². The number of halogens is 1. The lowest BCUT2D eigenvalue weighted by Gasteiger charge is -2.29. The number of anilines is 2. The third kappa shape index (κ3) is 3.72. The minimum absolute atomic E-state index is 0.0404. The van der Waals surface area contributed by atoms with Crippen LogP contribution in [0.1, 0.15) is 10.4 Å². The summed E-state index contributed by atoms with van der Waals surface area (Å²) in [5.74, 6) is -1.64. The molecule has 0 saturated carbocycles. The molecule has 2 amide bonds. The minimum Gasteiger partial charge on any atom is -0.482 e. The highest BCUT2D eigenvalue weighted by molar-refractivity contribution is 6.30. The standard InChI is InChI=1S/C17H13ClN2O5/c18-11-2-4-12(5-3-11)19-15(21)8-20-13-6-1-10(17(23)24)7-14(13)25-9-16(20)22/h1-7H,8-9H2,(H,19,21)(H,23,24). The summed E-state index contributed by atoms with van der Waals surface area (Å²) in [6, 6.07) is 10.7. The van der Waals surface area contributed by atoms with Crippen molar-refractivity contribution in [1.29, 1.82) is 0 Å². The molecule has 0 fully saturated rings. The molecule has 0 radical (unpaired) electrons. The van der Waals surface area contributed by atoms with Gasteiger partial charge in [0.1, 0.15) is 12.3 Å². The van der Waals surface area contributed by atoms with Gasteiger partial charge in [-0.25, -0.2) is 4.79 Å². The number of ether oxygens (including phenoxy) is 1. The average Bonchev–Trinajstić information content (AvgIpc) is 2.59. The molecular weight excluding hydrogens is 348 g/mol. The van der Waals surface area contributed by atoms with Crippen molar-refractivity contribution >= 4 is 40.8 Å². The van der Waals surface area contributed by atoms with Crippen molar-refractivity contribution in [2.24, 2.45) is 0 Å². The zero-order valence-corrected chi connectivity index (χ0v) is 13.6. The molecule has 0 aromatic heterocycles. The molecule has 2 N–H and O–H groups in total. The zero-order valence-electron chi connectivity index (χ0n) is 12.9. The second-order valence-corrected chi connectivity index (χ2v) is 5.75. The predicted octanol–water partition coefficient (Wildman–Crippen LogP) is 2.40. The first-order chi connectivity index (χ1) is 11.9. The molecule has 7 nitrogen and oxygen atoms in total. The zero-order chi connectivity index (χ0) is 18.0. The molecule has 128 valence electrons. The van der Waals surface area contributed by atoms with Crippen LogP contribution in [0.5, 0.6) is 5.75 Å². The van der Waals surface area contributed by atoms with Crippen molar-refractivity contribution in [3.8, 4) is 5.75 Å². The number of carbonyl (C=O) groups excluding carboxylic acids is 2. The van der Waals surface area contributed by atoms with Gasteiger partial charge in [-0.15, -0.1) is 0 Å². The van der Waals surface area contributed by atoms with Crippen molar-refractivity contribution in [1.82, 2.24) is 0 Å². The summed E-state index contributed by atoms with van der Waals surface area (Å²) < 4.78 is 5.27. The minimum atomic E-state index is -1.10. The van der Waals surface area contributed by atoms with Crippen molar-refractivity contribution in [2.75, 3.05) is 23.4 Å². The van der Waals surface area contributed by atoms with Crippen LogP contribution in [0, 0.1) is 0 Å². The number of amides is 2. The van der Waals surface area contributed by atoms with E-state index in [2.05, 4.69) is 5.32 Å². The first-order valence-corrected chi connectivity index (χ1v) is 7.68. The fourth-order valence-electron chi connectivity index (χ4n) is 2.39. The summed E-state index contributed by atoms with van der Waals surface area (Å²) in [6.45, 7) is -0.478. The maximum Gasteiger partial charge on any atom is 0.335 e. The number of fused-ring (bicyclic) bond motifs is 1. The highest BCUT2D eigenvalue weighted by Gasteiger charge is 2.28. The van der Waals surface area contributed by atoms with Crippen LogP contribution in [0.2, 0.25) is 5.02 Å². The molecule has 1 aliphatic heterocycles. The average molecular weight is 361 g/mol. The molecule has 0 saturated heterocycles. The summed E-state index contributed by atoms with van der Waals surface area (Å²) in [5, 5.41) is 12.2. The number of rotatable bonds is 4. The monoisotopic (exact) mass is 360 g/mol. The number of benzene rings is 2. The quantitative estimate of drug-likeness (QED) is 0.872. The normalized spacial score (nSPS) is 13.0. The Morgan fingerprint density at radius 3 is 2.60 bits per heavy atom. The van der Waals surface area contributed by atoms with Gasteiger partial charge in [-0.1, -0.05) is 11.6 Å². The molecule has 0 aliphatic carbocycles. The first-order valence-electron chi connectivity index (χ1n) is 7.30. The van der Waals surface area contributed by atoms with Gasteiger partial charge in [0.05, 0.1) is 11.3 Å². The lowest BCUT2D eigenvalue weighted by Crippen LogP contribution is -2.43. The van der Waals surface area contributed by atoms with Gasteiger partial charge >= 0.3 is 5.97 Å². The molecule has 8 heteroatoms. The number of hydrogen-bond donors (Lipinski definition) is 2. The van der Waals surface area contributed by atoms with Gasteiger partial charge < -0.3 is 15.2 Å². The molecule has 2 aromatic carbocycles. The fourth-order valence-corrected chi connectivity index (χ4v) is 2.51. The van der Waals surface area contributed by atoms with Gasteiger partial charge in [0.25, 0.3) is 5.91 Å². The maximum absolute atomic E-state index is 12.2. The Morgan fingerprint density at radius 2 is 1.92 bits per heavy atom. The van der Waals surface area contributed by atoms with Crippen LogP contribution in [0.15, 0.2) is 42.5 Å². The van der Waals surface area contributed by atoms with E-state index < -0.39 is 11.9 Å². The van der Waals surface area contributed by atoms with Crippen molar-refractivity contribution in [2.45, 2.75) is 0 Å². The number of carboxylic acid groups (broad SMARTS) is 1. The summed E-state index contributed by atoms with van der Waals surface area (Å²) in [7, 11) is 0. The molecule has 0 bridgehead atoms. The van der Waals surface area contributed by atoms with E-state index in [-0.39, 0.29) is 30.4 Å². The van der Waals surface area contributed by atoms with E-state index in [0.717, 1.165) is 0 Å². The van der Waals surface area contributed by atoms with E-state index in [1.54, 1.807) is 24.3 Å².